The van der Waals surface area contributed by atoms with Crippen molar-refractivity contribution in [2.75, 3.05) is 11.4 Å². The van der Waals surface area contributed by atoms with Crippen molar-refractivity contribution >= 4 is 45.0 Å². The van der Waals surface area contributed by atoms with Crippen LogP contribution in [0.2, 0.25) is 5.02 Å². The number of anilines is 1. The maximum atomic E-state index is 14.5. The van der Waals surface area contributed by atoms with E-state index in [0.717, 1.165) is 22.5 Å². The topological polar surface area (TPSA) is 78.5 Å². The molecule has 0 saturated heterocycles. The molecular formula is C28H26ClF4N3O3S. The summed E-state index contributed by atoms with van der Waals surface area (Å²) in [5.41, 5.74) is 0.879. The molecule has 0 unspecified atom stereocenters. The molecule has 6 nitrogen and oxygen atoms in total. The number of sulfonamides is 1. The van der Waals surface area contributed by atoms with Crippen LogP contribution in [-0.2, 0) is 22.6 Å². The van der Waals surface area contributed by atoms with E-state index in [1.165, 1.54) is 19.2 Å². The zero-order valence-electron chi connectivity index (χ0n) is 21.7. The Morgan fingerprint density at radius 1 is 1.10 bits per heavy atom. The van der Waals surface area contributed by atoms with Crippen LogP contribution in [0.5, 0.6) is 0 Å². The molecule has 212 valence electrons. The molecule has 0 fully saturated rings. The van der Waals surface area contributed by atoms with Crippen molar-refractivity contribution < 1.29 is 30.8 Å². The van der Waals surface area contributed by atoms with Crippen LogP contribution in [0.3, 0.4) is 0 Å². The van der Waals surface area contributed by atoms with E-state index in [1.807, 2.05) is 0 Å². The monoisotopic (exact) mass is 595 g/mol. The van der Waals surface area contributed by atoms with E-state index >= 15 is 0 Å². The van der Waals surface area contributed by atoms with Gasteiger partial charge < -0.3 is 10.6 Å². The molecule has 1 aliphatic rings. The molecule has 0 aliphatic carbocycles. The molecule has 0 aromatic heterocycles. The van der Waals surface area contributed by atoms with Crippen molar-refractivity contribution in [2.24, 2.45) is 0 Å². The molecule has 0 saturated carbocycles. The summed E-state index contributed by atoms with van der Waals surface area (Å²) in [7, 11) is -3.12. The molecule has 2 amide bonds. The van der Waals surface area contributed by atoms with Crippen molar-refractivity contribution in [1.29, 1.82) is 0 Å². The number of alkyl halides is 3. The number of rotatable bonds is 5. The lowest BCUT2D eigenvalue weighted by molar-refractivity contribution is -0.137. The zero-order chi connectivity index (χ0) is 29.4. The number of carbonyl (C=O) groups excluding carboxylic acids is 1. The van der Waals surface area contributed by atoms with Gasteiger partial charge in [-0.3, -0.25) is 4.31 Å². The number of nitrogens with one attached hydrogen (secondary N) is 2. The van der Waals surface area contributed by atoms with Gasteiger partial charge >= 0.3 is 12.2 Å². The van der Waals surface area contributed by atoms with Crippen LogP contribution < -0.4 is 14.9 Å². The highest BCUT2D eigenvalue weighted by Gasteiger charge is 2.41. The van der Waals surface area contributed by atoms with Gasteiger partial charge in [-0.15, -0.1) is 0 Å². The van der Waals surface area contributed by atoms with E-state index in [2.05, 4.69) is 10.6 Å². The SMILES string of the molecule is CNC(=O)N[C@@H]1Cc2ccc(/C=C(\C)c3c(F)cccc3Cl)cc2N(S(=O)(=O)c2cccc(C(F)(F)F)c2)[C@@H]1C. The normalized spacial score (nSPS) is 17.8. The molecule has 1 heterocycles. The number of benzene rings is 3. The van der Waals surface area contributed by atoms with E-state index in [1.54, 1.807) is 44.2 Å². The average Bonchev–Trinajstić information content (AvgIpc) is 2.88. The van der Waals surface area contributed by atoms with Gasteiger partial charge in [-0.2, -0.15) is 13.2 Å². The lowest BCUT2D eigenvalue weighted by Crippen LogP contribution is -2.57. The van der Waals surface area contributed by atoms with Crippen LogP contribution >= 0.6 is 11.6 Å². The number of allylic oxidation sites excluding steroid dienone is 1. The van der Waals surface area contributed by atoms with Gasteiger partial charge in [0.25, 0.3) is 10.0 Å². The second-order valence-corrected chi connectivity index (χ2v) is 11.6. The number of nitrogens with zero attached hydrogens (tertiary/aromatic N) is 1. The molecule has 2 N–H and O–H groups in total. The fraction of sp³-hybridized carbons (Fsp3) is 0.250. The molecular weight excluding hydrogens is 570 g/mol. The molecule has 1 aliphatic heterocycles. The first-order valence-electron chi connectivity index (χ1n) is 12.2. The molecule has 40 heavy (non-hydrogen) atoms. The second kappa shape index (κ2) is 11.1. The summed E-state index contributed by atoms with van der Waals surface area (Å²) in [4.78, 5) is 11.6. The number of fused-ring (bicyclic) bond motifs is 1. The minimum atomic E-state index is -4.75. The Kier molecular flexibility index (Phi) is 8.18. The van der Waals surface area contributed by atoms with Gasteiger partial charge in [0.15, 0.2) is 0 Å². The van der Waals surface area contributed by atoms with Crippen molar-refractivity contribution in [3.63, 3.8) is 0 Å². The second-order valence-electron chi connectivity index (χ2n) is 9.41. The molecule has 3 aromatic carbocycles. The Balaban J connectivity index is 1.86. The van der Waals surface area contributed by atoms with E-state index in [0.29, 0.717) is 22.8 Å². The maximum absolute atomic E-state index is 14.5. The van der Waals surface area contributed by atoms with Gasteiger partial charge in [0.1, 0.15) is 5.82 Å². The Morgan fingerprint density at radius 3 is 2.45 bits per heavy atom. The summed E-state index contributed by atoms with van der Waals surface area (Å²) in [5, 5.41) is 5.36. The third-order valence-corrected chi connectivity index (χ3v) is 8.95. The molecule has 3 aromatic rings. The molecule has 4 rings (SSSR count). The first kappa shape index (κ1) is 29.4. The third-order valence-electron chi connectivity index (χ3n) is 6.74. The lowest BCUT2D eigenvalue weighted by atomic mass is 9.92. The maximum Gasteiger partial charge on any atom is 0.416 e. The summed E-state index contributed by atoms with van der Waals surface area (Å²) in [6.45, 7) is 3.23. The first-order chi connectivity index (χ1) is 18.7. The van der Waals surface area contributed by atoms with E-state index in [4.69, 9.17) is 11.6 Å². The van der Waals surface area contributed by atoms with Gasteiger partial charge in [-0.05, 0) is 73.4 Å². The highest BCUT2D eigenvalue weighted by Crippen LogP contribution is 2.39. The van der Waals surface area contributed by atoms with Crippen molar-refractivity contribution in [3.8, 4) is 0 Å². The lowest BCUT2D eigenvalue weighted by Gasteiger charge is -2.41. The number of hydrogen-bond donors (Lipinski definition) is 2. The fourth-order valence-corrected chi connectivity index (χ4v) is 6.82. The van der Waals surface area contributed by atoms with Crippen LogP contribution in [-0.4, -0.2) is 33.6 Å². The van der Waals surface area contributed by atoms with Gasteiger partial charge in [-0.25, -0.2) is 17.6 Å². The standard InChI is InChI=1S/C28H26ClF4N3O3S/c1-16(26-22(29)8-5-9-23(26)30)12-18-10-11-19-14-24(35-27(37)34-3)17(2)36(25(19)13-18)40(38,39)21-7-4-6-20(15-21)28(31,32)33/h4-13,15,17,24H,14H2,1-3H3,(H2,34,35,37)/b16-12+/t17-,24-/m1/s1. The van der Waals surface area contributed by atoms with Crippen LogP contribution in [0.4, 0.5) is 28.0 Å². The smallest absolute Gasteiger partial charge is 0.341 e. The fourth-order valence-electron chi connectivity index (χ4n) is 4.74. The Morgan fingerprint density at radius 2 is 1.80 bits per heavy atom. The quantitative estimate of drug-likeness (QED) is 0.261. The van der Waals surface area contributed by atoms with Crippen molar-refractivity contribution in [1.82, 2.24) is 10.6 Å². The molecule has 0 spiro atoms. The molecule has 2 atom stereocenters. The highest BCUT2D eigenvalue weighted by atomic mass is 35.5. The zero-order valence-corrected chi connectivity index (χ0v) is 23.3. The largest absolute Gasteiger partial charge is 0.416 e. The van der Waals surface area contributed by atoms with E-state index < -0.39 is 50.6 Å². The molecule has 0 radical (unpaired) electrons. The van der Waals surface area contributed by atoms with Gasteiger partial charge in [0, 0.05) is 12.6 Å². The van der Waals surface area contributed by atoms with Crippen LogP contribution in [0, 0.1) is 5.82 Å². The summed E-state index contributed by atoms with van der Waals surface area (Å²) in [6, 6.07) is 10.7. The van der Waals surface area contributed by atoms with E-state index in [-0.39, 0.29) is 22.7 Å². The van der Waals surface area contributed by atoms with Crippen LogP contribution in [0.25, 0.3) is 11.6 Å². The molecule has 12 heteroatoms. The van der Waals surface area contributed by atoms with E-state index in [9.17, 15) is 30.8 Å². The van der Waals surface area contributed by atoms with Crippen molar-refractivity contribution in [3.05, 3.63) is 93.8 Å². The number of amides is 2. The summed E-state index contributed by atoms with van der Waals surface area (Å²) >= 11 is 6.20. The third kappa shape index (κ3) is 5.80. The summed E-state index contributed by atoms with van der Waals surface area (Å²) in [6.07, 6.45) is -2.84. The predicted molar refractivity (Wildman–Crippen MR) is 147 cm³/mol. The minimum Gasteiger partial charge on any atom is -0.341 e. The Hall–Kier alpha value is -3.57. The van der Waals surface area contributed by atoms with Gasteiger partial charge in [-0.1, -0.05) is 41.9 Å². The minimum absolute atomic E-state index is 0.193. The number of urea groups is 1. The van der Waals surface area contributed by atoms with Gasteiger partial charge in [0.05, 0.1) is 33.3 Å². The highest BCUT2D eigenvalue weighted by molar-refractivity contribution is 7.92. The average molecular weight is 596 g/mol. The Bertz CT molecular complexity index is 1570. The number of carbonyl (C=O) groups is 1. The van der Waals surface area contributed by atoms with Crippen molar-refractivity contribution in [2.45, 2.75) is 43.4 Å². The molecule has 0 bridgehead atoms. The number of hydrogen-bond acceptors (Lipinski definition) is 3. The first-order valence-corrected chi connectivity index (χ1v) is 14.0. The van der Waals surface area contributed by atoms with Gasteiger partial charge in [0.2, 0.25) is 0 Å². The summed E-state index contributed by atoms with van der Waals surface area (Å²) < 4.78 is 83.7. The van der Waals surface area contributed by atoms with Crippen LogP contribution in [0.1, 0.15) is 36.1 Å². The van der Waals surface area contributed by atoms with Crippen LogP contribution in [0.15, 0.2) is 65.6 Å². The Labute approximate surface area is 234 Å². The number of halogens is 5. The summed E-state index contributed by atoms with van der Waals surface area (Å²) in [5.74, 6) is -0.523. The predicted octanol–water partition coefficient (Wildman–Crippen LogP) is 6.50.